The van der Waals surface area contributed by atoms with E-state index in [9.17, 15) is 10.1 Å². The Morgan fingerprint density at radius 1 is 1.10 bits per heavy atom. The van der Waals surface area contributed by atoms with E-state index in [0.29, 0.717) is 17.4 Å². The summed E-state index contributed by atoms with van der Waals surface area (Å²) in [7, 11) is 0. The number of hydrogen-bond acceptors (Lipinski definition) is 4. The molecule has 5 heteroatoms. The van der Waals surface area contributed by atoms with Crippen LogP contribution in [0.1, 0.15) is 40.6 Å². The van der Waals surface area contributed by atoms with Gasteiger partial charge in [0.2, 0.25) is 0 Å². The van der Waals surface area contributed by atoms with E-state index in [1.165, 1.54) is 34.5 Å². The fourth-order valence-corrected chi connectivity index (χ4v) is 4.68. The smallest absolute Gasteiger partial charge is 0.270 e. The van der Waals surface area contributed by atoms with E-state index in [0.717, 1.165) is 12.1 Å². The average molecular weight is 409 g/mol. The van der Waals surface area contributed by atoms with Gasteiger partial charge >= 0.3 is 0 Å². The molecular formula is C26H23N3O2. The minimum absolute atomic E-state index is 0.0675. The van der Waals surface area contributed by atoms with Gasteiger partial charge in [-0.25, -0.2) is 0 Å². The van der Waals surface area contributed by atoms with Crippen molar-refractivity contribution in [3.8, 4) is 0 Å². The predicted octanol–water partition coefficient (Wildman–Crippen LogP) is 6.48. The normalized spacial score (nSPS) is 21.5. The summed E-state index contributed by atoms with van der Waals surface area (Å²) in [5.74, 6) is 0.959. The minimum Gasteiger partial charge on any atom is -0.378 e. The summed E-state index contributed by atoms with van der Waals surface area (Å²) in [5, 5.41) is 14.7. The zero-order valence-electron chi connectivity index (χ0n) is 17.2. The highest BCUT2D eigenvalue weighted by Crippen LogP contribution is 2.50. The van der Waals surface area contributed by atoms with E-state index < -0.39 is 4.92 Å². The fourth-order valence-electron chi connectivity index (χ4n) is 4.68. The van der Waals surface area contributed by atoms with Gasteiger partial charge < -0.3 is 5.32 Å². The van der Waals surface area contributed by atoms with Gasteiger partial charge in [0.05, 0.1) is 16.7 Å². The fraction of sp³-hybridized carbons (Fsp3) is 0.192. The molecule has 31 heavy (non-hydrogen) atoms. The number of nitro groups is 1. The molecule has 0 aromatic heterocycles. The molecule has 3 aromatic rings. The highest BCUT2D eigenvalue weighted by Gasteiger charge is 2.37. The van der Waals surface area contributed by atoms with Crippen LogP contribution in [0.5, 0.6) is 0 Å². The van der Waals surface area contributed by atoms with Crippen molar-refractivity contribution in [2.24, 2.45) is 10.9 Å². The standard InChI is InChI=1S/C26H23N3O2/c1-17-8-13-25-24(14-17)22-6-3-7-23(22)26(28-25)19-9-11-20(12-10-19)27-16-18-4-2-5-21(15-18)29(30)31/h2-6,8-16,22-23,26,28H,7H2,1H3/t22-,23-,26+/m1/s1. The Hall–Kier alpha value is -3.73. The number of nitrogens with zero attached hydrogens (tertiary/aromatic N) is 2. The van der Waals surface area contributed by atoms with E-state index in [1.54, 1.807) is 12.3 Å². The monoisotopic (exact) mass is 409 g/mol. The second-order valence-corrected chi connectivity index (χ2v) is 8.27. The van der Waals surface area contributed by atoms with E-state index in [2.05, 4.69) is 59.7 Å². The summed E-state index contributed by atoms with van der Waals surface area (Å²) < 4.78 is 0. The lowest BCUT2D eigenvalue weighted by molar-refractivity contribution is -0.384. The summed E-state index contributed by atoms with van der Waals surface area (Å²) in [5.41, 5.74) is 6.76. The lowest BCUT2D eigenvalue weighted by Crippen LogP contribution is -2.29. The highest BCUT2D eigenvalue weighted by atomic mass is 16.6. The van der Waals surface area contributed by atoms with Gasteiger partial charge in [-0.1, -0.05) is 54.1 Å². The molecule has 1 aliphatic carbocycles. The van der Waals surface area contributed by atoms with Gasteiger partial charge in [0, 0.05) is 30.0 Å². The van der Waals surface area contributed by atoms with Crippen LogP contribution >= 0.6 is 0 Å². The first kappa shape index (κ1) is 19.2. The molecular weight excluding hydrogens is 386 g/mol. The first-order valence-corrected chi connectivity index (χ1v) is 10.5. The number of fused-ring (bicyclic) bond motifs is 3. The predicted molar refractivity (Wildman–Crippen MR) is 124 cm³/mol. The molecule has 0 unspecified atom stereocenters. The van der Waals surface area contributed by atoms with Crippen molar-refractivity contribution in [2.45, 2.75) is 25.3 Å². The number of anilines is 1. The van der Waals surface area contributed by atoms with Crippen molar-refractivity contribution in [1.82, 2.24) is 0 Å². The minimum atomic E-state index is -0.395. The Kier molecular flexibility index (Phi) is 4.86. The zero-order chi connectivity index (χ0) is 21.4. The number of allylic oxidation sites excluding steroid dienone is 2. The van der Waals surface area contributed by atoms with Gasteiger partial charge in [-0.3, -0.25) is 15.1 Å². The summed E-state index contributed by atoms with van der Waals surface area (Å²) in [6, 6.07) is 21.7. The Labute approximate surface area is 181 Å². The Morgan fingerprint density at radius 2 is 1.94 bits per heavy atom. The number of aryl methyl sites for hydroxylation is 1. The van der Waals surface area contributed by atoms with Gasteiger partial charge in [0.1, 0.15) is 0 Å². The maximum Gasteiger partial charge on any atom is 0.270 e. The molecule has 154 valence electrons. The second kappa shape index (κ2) is 7.84. The van der Waals surface area contributed by atoms with E-state index in [-0.39, 0.29) is 11.7 Å². The lowest BCUT2D eigenvalue weighted by Gasteiger charge is -2.37. The Morgan fingerprint density at radius 3 is 2.74 bits per heavy atom. The quantitative estimate of drug-likeness (QED) is 0.232. The van der Waals surface area contributed by atoms with Gasteiger partial charge in [-0.15, -0.1) is 0 Å². The molecule has 0 radical (unpaired) electrons. The molecule has 1 aliphatic heterocycles. The molecule has 0 saturated heterocycles. The molecule has 0 amide bonds. The summed E-state index contributed by atoms with van der Waals surface area (Å²) in [6.07, 6.45) is 7.40. The zero-order valence-corrected chi connectivity index (χ0v) is 17.2. The topological polar surface area (TPSA) is 67.5 Å². The molecule has 0 fully saturated rings. The van der Waals surface area contributed by atoms with Gasteiger partial charge in [0.25, 0.3) is 5.69 Å². The molecule has 0 spiro atoms. The summed E-state index contributed by atoms with van der Waals surface area (Å²) >= 11 is 0. The number of non-ortho nitro benzene ring substituents is 1. The van der Waals surface area contributed by atoms with Crippen LogP contribution < -0.4 is 5.32 Å². The third-order valence-electron chi connectivity index (χ3n) is 6.21. The largest absolute Gasteiger partial charge is 0.378 e. The van der Waals surface area contributed by atoms with Crippen LogP contribution in [0.4, 0.5) is 17.1 Å². The van der Waals surface area contributed by atoms with Crippen LogP contribution in [0.25, 0.3) is 0 Å². The van der Waals surface area contributed by atoms with E-state index >= 15 is 0 Å². The third kappa shape index (κ3) is 3.75. The van der Waals surface area contributed by atoms with Crippen LogP contribution in [0.15, 0.2) is 83.9 Å². The molecule has 5 rings (SSSR count). The number of nitro benzene ring substituents is 1. The van der Waals surface area contributed by atoms with Crippen LogP contribution in [0.2, 0.25) is 0 Å². The maximum atomic E-state index is 10.9. The van der Waals surface area contributed by atoms with Crippen molar-refractivity contribution in [3.05, 3.63) is 111 Å². The van der Waals surface area contributed by atoms with Crippen LogP contribution in [-0.4, -0.2) is 11.1 Å². The molecule has 3 atom stereocenters. The Balaban J connectivity index is 1.37. The van der Waals surface area contributed by atoms with Crippen molar-refractivity contribution in [1.29, 1.82) is 0 Å². The van der Waals surface area contributed by atoms with Crippen molar-refractivity contribution < 1.29 is 4.92 Å². The molecule has 3 aromatic carbocycles. The van der Waals surface area contributed by atoms with Gasteiger partial charge in [-0.05, 0) is 54.2 Å². The van der Waals surface area contributed by atoms with Crippen molar-refractivity contribution in [3.63, 3.8) is 0 Å². The van der Waals surface area contributed by atoms with Crippen LogP contribution in [-0.2, 0) is 0 Å². The van der Waals surface area contributed by atoms with Crippen LogP contribution in [0, 0.1) is 23.0 Å². The molecule has 1 N–H and O–H groups in total. The first-order chi connectivity index (χ1) is 15.1. The molecule has 0 saturated carbocycles. The van der Waals surface area contributed by atoms with Crippen molar-refractivity contribution in [2.75, 3.05) is 5.32 Å². The van der Waals surface area contributed by atoms with Gasteiger partial charge in [-0.2, -0.15) is 0 Å². The average Bonchev–Trinajstić information content (AvgIpc) is 3.28. The lowest BCUT2D eigenvalue weighted by atomic mass is 9.76. The number of hydrogen-bond donors (Lipinski definition) is 1. The molecule has 5 nitrogen and oxygen atoms in total. The van der Waals surface area contributed by atoms with Crippen LogP contribution in [0.3, 0.4) is 0 Å². The number of rotatable bonds is 4. The summed E-state index contributed by atoms with van der Waals surface area (Å²) in [4.78, 5) is 15.0. The number of benzene rings is 3. The molecule has 0 bridgehead atoms. The number of nitrogens with one attached hydrogen (secondary N) is 1. The third-order valence-corrected chi connectivity index (χ3v) is 6.21. The first-order valence-electron chi connectivity index (χ1n) is 10.5. The Bertz CT molecular complexity index is 1200. The van der Waals surface area contributed by atoms with Crippen molar-refractivity contribution >= 4 is 23.3 Å². The van der Waals surface area contributed by atoms with Gasteiger partial charge in [0.15, 0.2) is 0 Å². The second-order valence-electron chi connectivity index (χ2n) is 8.27. The molecule has 1 heterocycles. The van der Waals surface area contributed by atoms with E-state index in [4.69, 9.17) is 0 Å². The number of aliphatic imine (C=N–C) groups is 1. The summed E-state index contributed by atoms with van der Waals surface area (Å²) in [6.45, 7) is 2.15. The maximum absolute atomic E-state index is 10.9. The van der Waals surface area contributed by atoms with E-state index in [1.807, 2.05) is 18.2 Å². The highest BCUT2D eigenvalue weighted by molar-refractivity contribution is 5.82. The molecule has 2 aliphatic rings. The SMILES string of the molecule is Cc1ccc2c(c1)[C@@H]1C=CC[C@H]1[C@H](c1ccc(N=Cc3cccc([N+](=O)[O-])c3)cc1)N2.